The molecule has 0 saturated carbocycles. The Morgan fingerprint density at radius 1 is 1.30 bits per heavy atom. The molecule has 7 heteroatoms. The van der Waals surface area contributed by atoms with E-state index in [1.807, 2.05) is 6.07 Å². The Morgan fingerprint density at radius 2 is 1.96 bits per heavy atom. The van der Waals surface area contributed by atoms with Crippen LogP contribution in [0.4, 0.5) is 0 Å². The molecule has 1 heterocycles. The third kappa shape index (κ3) is 3.50. The molecule has 7 nitrogen and oxygen atoms in total. The Morgan fingerprint density at radius 3 is 2.57 bits per heavy atom. The van der Waals surface area contributed by atoms with Crippen LogP contribution >= 0.6 is 0 Å². The standard InChI is InChI=1S/C16H19N3O4/c1-3-4-7-11(15(21)22)17-14(20)10-19-13-9-6-5-8-12(13)18(2)16(19)23/h3-6,8-9,11H,7,10H2,1-2H3,(H,17,20)(H,21,22)/b4-3+. The number of aryl methyl sites for hydroxylation is 1. The summed E-state index contributed by atoms with van der Waals surface area (Å²) in [5, 5.41) is 11.6. The Kier molecular flexibility index (Phi) is 5.00. The zero-order chi connectivity index (χ0) is 17.0. The van der Waals surface area contributed by atoms with Crippen molar-refractivity contribution < 1.29 is 14.7 Å². The average molecular weight is 317 g/mol. The molecule has 1 amide bonds. The second-order valence-electron chi connectivity index (χ2n) is 5.18. The van der Waals surface area contributed by atoms with Crippen molar-refractivity contribution in [1.82, 2.24) is 14.5 Å². The summed E-state index contributed by atoms with van der Waals surface area (Å²) in [6, 6.07) is 6.12. The molecular formula is C16H19N3O4. The quantitative estimate of drug-likeness (QED) is 0.773. The summed E-state index contributed by atoms with van der Waals surface area (Å²) < 4.78 is 2.79. The van der Waals surface area contributed by atoms with E-state index in [2.05, 4.69) is 5.32 Å². The first-order chi connectivity index (χ1) is 11.0. The molecule has 0 fully saturated rings. The predicted octanol–water partition coefficient (Wildman–Crippen LogP) is 0.876. The van der Waals surface area contributed by atoms with Crippen LogP contribution in [0.25, 0.3) is 11.0 Å². The maximum atomic E-state index is 12.2. The maximum Gasteiger partial charge on any atom is 0.329 e. The van der Waals surface area contributed by atoms with Gasteiger partial charge in [-0.05, 0) is 25.5 Å². The van der Waals surface area contributed by atoms with Crippen LogP contribution in [0.2, 0.25) is 0 Å². The highest BCUT2D eigenvalue weighted by Gasteiger charge is 2.20. The normalized spacial score (nSPS) is 12.6. The monoisotopic (exact) mass is 317 g/mol. The predicted molar refractivity (Wildman–Crippen MR) is 86.2 cm³/mol. The molecule has 0 aliphatic carbocycles. The molecule has 0 aliphatic heterocycles. The van der Waals surface area contributed by atoms with Gasteiger partial charge in [0.1, 0.15) is 12.6 Å². The fourth-order valence-electron chi connectivity index (χ4n) is 2.39. The highest BCUT2D eigenvalue weighted by molar-refractivity contribution is 5.85. The number of allylic oxidation sites excluding steroid dienone is 1. The van der Waals surface area contributed by atoms with E-state index in [0.717, 1.165) is 0 Å². The topological polar surface area (TPSA) is 93.3 Å². The highest BCUT2D eigenvalue weighted by Crippen LogP contribution is 2.11. The SMILES string of the molecule is C/C=C/CC(NC(=O)Cn1c(=O)n(C)c2ccccc21)C(=O)O. The van der Waals surface area contributed by atoms with E-state index >= 15 is 0 Å². The van der Waals surface area contributed by atoms with Crippen molar-refractivity contribution in [3.63, 3.8) is 0 Å². The van der Waals surface area contributed by atoms with Crippen molar-refractivity contribution in [2.24, 2.45) is 7.05 Å². The average Bonchev–Trinajstić information content (AvgIpc) is 2.76. The van der Waals surface area contributed by atoms with Gasteiger partial charge in [0.2, 0.25) is 5.91 Å². The van der Waals surface area contributed by atoms with Crippen LogP contribution in [0.15, 0.2) is 41.2 Å². The third-order valence-electron chi connectivity index (χ3n) is 3.59. The number of carbonyl (C=O) groups excluding carboxylic acids is 1. The Labute approximate surface area is 132 Å². The lowest BCUT2D eigenvalue weighted by molar-refractivity contribution is -0.141. The first-order valence-electron chi connectivity index (χ1n) is 7.23. The number of imidazole rings is 1. The molecule has 1 atom stereocenters. The van der Waals surface area contributed by atoms with E-state index in [1.54, 1.807) is 44.3 Å². The van der Waals surface area contributed by atoms with Crippen LogP contribution < -0.4 is 11.0 Å². The summed E-state index contributed by atoms with van der Waals surface area (Å²) in [5.74, 6) is -1.62. The highest BCUT2D eigenvalue weighted by atomic mass is 16.4. The maximum absolute atomic E-state index is 12.2. The van der Waals surface area contributed by atoms with Crippen LogP contribution in [0.1, 0.15) is 13.3 Å². The van der Waals surface area contributed by atoms with Crippen molar-refractivity contribution in [2.75, 3.05) is 0 Å². The van der Waals surface area contributed by atoms with Gasteiger partial charge in [-0.25, -0.2) is 9.59 Å². The lowest BCUT2D eigenvalue weighted by atomic mass is 10.2. The van der Waals surface area contributed by atoms with Crippen molar-refractivity contribution >= 4 is 22.9 Å². The minimum Gasteiger partial charge on any atom is -0.480 e. The molecule has 0 aliphatic rings. The van der Waals surface area contributed by atoms with Gasteiger partial charge in [0, 0.05) is 7.05 Å². The lowest BCUT2D eigenvalue weighted by Crippen LogP contribution is -2.43. The smallest absolute Gasteiger partial charge is 0.329 e. The van der Waals surface area contributed by atoms with E-state index in [4.69, 9.17) is 5.11 Å². The van der Waals surface area contributed by atoms with E-state index in [-0.39, 0.29) is 18.7 Å². The summed E-state index contributed by atoms with van der Waals surface area (Å²) >= 11 is 0. The zero-order valence-corrected chi connectivity index (χ0v) is 13.0. The summed E-state index contributed by atoms with van der Waals surface area (Å²) in [6.45, 7) is 1.55. The van der Waals surface area contributed by atoms with Crippen LogP contribution in [0.3, 0.4) is 0 Å². The van der Waals surface area contributed by atoms with Gasteiger partial charge in [-0.15, -0.1) is 0 Å². The summed E-state index contributed by atoms with van der Waals surface area (Å²) in [6.07, 6.45) is 3.59. The Hall–Kier alpha value is -2.83. The number of benzene rings is 1. The second kappa shape index (κ2) is 6.95. The molecule has 1 aromatic heterocycles. The number of amides is 1. The van der Waals surface area contributed by atoms with Gasteiger partial charge in [0.25, 0.3) is 0 Å². The number of aliphatic carboxylic acids is 1. The van der Waals surface area contributed by atoms with E-state index in [9.17, 15) is 14.4 Å². The van der Waals surface area contributed by atoms with E-state index in [1.165, 1.54) is 9.13 Å². The molecule has 1 unspecified atom stereocenters. The number of fused-ring (bicyclic) bond motifs is 1. The van der Waals surface area contributed by atoms with Gasteiger partial charge < -0.3 is 10.4 Å². The molecule has 0 saturated heterocycles. The molecule has 0 spiro atoms. The molecule has 23 heavy (non-hydrogen) atoms. The van der Waals surface area contributed by atoms with Crippen molar-refractivity contribution in [3.05, 3.63) is 46.9 Å². The number of carbonyl (C=O) groups is 2. The summed E-state index contributed by atoms with van der Waals surface area (Å²) in [5.41, 5.74) is 1.03. The van der Waals surface area contributed by atoms with Gasteiger partial charge in [-0.3, -0.25) is 13.9 Å². The van der Waals surface area contributed by atoms with Gasteiger partial charge >= 0.3 is 11.7 Å². The number of para-hydroxylation sites is 2. The minimum atomic E-state index is -1.11. The summed E-state index contributed by atoms with van der Waals surface area (Å²) in [7, 11) is 1.63. The number of aromatic nitrogens is 2. The fraction of sp³-hybridized carbons (Fsp3) is 0.312. The van der Waals surface area contributed by atoms with E-state index < -0.39 is 17.9 Å². The van der Waals surface area contributed by atoms with Crippen LogP contribution in [-0.4, -0.2) is 32.2 Å². The number of hydrogen-bond acceptors (Lipinski definition) is 3. The van der Waals surface area contributed by atoms with Gasteiger partial charge in [0.15, 0.2) is 0 Å². The molecule has 122 valence electrons. The molecule has 2 aromatic rings. The second-order valence-corrected chi connectivity index (χ2v) is 5.18. The number of carboxylic acid groups (broad SMARTS) is 1. The van der Waals surface area contributed by atoms with Gasteiger partial charge in [-0.2, -0.15) is 0 Å². The van der Waals surface area contributed by atoms with E-state index in [0.29, 0.717) is 11.0 Å². The first-order valence-corrected chi connectivity index (χ1v) is 7.23. The summed E-state index contributed by atoms with van der Waals surface area (Å²) in [4.78, 5) is 35.5. The third-order valence-corrected chi connectivity index (χ3v) is 3.59. The number of nitrogens with one attached hydrogen (secondary N) is 1. The van der Waals surface area contributed by atoms with Crippen LogP contribution in [0, 0.1) is 0 Å². The number of rotatable bonds is 6. The van der Waals surface area contributed by atoms with Crippen molar-refractivity contribution in [1.29, 1.82) is 0 Å². The Bertz CT molecular complexity index is 816. The van der Waals surface area contributed by atoms with Crippen molar-refractivity contribution in [2.45, 2.75) is 25.9 Å². The van der Waals surface area contributed by atoms with Crippen molar-refractivity contribution in [3.8, 4) is 0 Å². The fourth-order valence-corrected chi connectivity index (χ4v) is 2.39. The molecule has 0 bridgehead atoms. The molecule has 1 aromatic carbocycles. The zero-order valence-electron chi connectivity index (χ0n) is 13.0. The van der Waals surface area contributed by atoms with Gasteiger partial charge in [-0.1, -0.05) is 24.3 Å². The molecular weight excluding hydrogens is 298 g/mol. The van der Waals surface area contributed by atoms with Crippen LogP contribution in [0.5, 0.6) is 0 Å². The Balaban J connectivity index is 2.22. The first kappa shape index (κ1) is 16.5. The number of hydrogen-bond donors (Lipinski definition) is 2. The van der Waals surface area contributed by atoms with Gasteiger partial charge in [0.05, 0.1) is 11.0 Å². The lowest BCUT2D eigenvalue weighted by Gasteiger charge is -2.13. The number of carboxylic acids is 1. The molecule has 2 N–H and O–H groups in total. The molecule has 2 rings (SSSR count). The number of nitrogens with zero attached hydrogens (tertiary/aromatic N) is 2. The largest absolute Gasteiger partial charge is 0.480 e. The minimum absolute atomic E-state index is 0.196. The molecule has 0 radical (unpaired) electrons. The van der Waals surface area contributed by atoms with Crippen LogP contribution in [-0.2, 0) is 23.2 Å².